The number of halogens is 2. The predicted molar refractivity (Wildman–Crippen MR) is 44.5 cm³/mol. The van der Waals surface area contributed by atoms with Crippen LogP contribution < -0.4 is 0 Å². The van der Waals surface area contributed by atoms with Crippen LogP contribution in [-0.4, -0.2) is 5.11 Å². The van der Waals surface area contributed by atoms with E-state index in [9.17, 15) is 0 Å². The molecule has 3 heteroatoms. The van der Waals surface area contributed by atoms with Crippen molar-refractivity contribution in [3.8, 4) is 0 Å². The van der Waals surface area contributed by atoms with Crippen molar-refractivity contribution in [1.82, 2.24) is 0 Å². The number of aliphatic hydroxyl groups is 1. The van der Waals surface area contributed by atoms with Crippen molar-refractivity contribution in [2.45, 2.75) is 0 Å². The van der Waals surface area contributed by atoms with Crippen LogP contribution in [0.25, 0.3) is 0 Å². The molecule has 0 spiro atoms. The molecule has 0 aromatic heterocycles. The summed E-state index contributed by atoms with van der Waals surface area (Å²) in [5.41, 5.74) is 0.621. The molecule has 0 aliphatic heterocycles. The molecular weight excluding hydrogens is 215 g/mol. The van der Waals surface area contributed by atoms with Crippen LogP contribution in [0.2, 0.25) is 5.02 Å². The van der Waals surface area contributed by atoms with Gasteiger partial charge in [0, 0.05) is 15.1 Å². The van der Waals surface area contributed by atoms with Gasteiger partial charge in [0.15, 0.2) is 0 Å². The third-order valence-corrected chi connectivity index (χ3v) is 1.93. The van der Waals surface area contributed by atoms with E-state index in [0.29, 0.717) is 10.6 Å². The summed E-state index contributed by atoms with van der Waals surface area (Å²) in [4.78, 5) is 0. The van der Waals surface area contributed by atoms with Gasteiger partial charge in [-0.2, -0.15) is 0 Å². The molecule has 10 heavy (non-hydrogen) atoms. The summed E-state index contributed by atoms with van der Waals surface area (Å²) in [5.74, 6) is 0. The first-order valence-corrected chi connectivity index (χ1v) is 3.83. The SMILES string of the molecule is O[CH]c1cc(Br)ccc1Cl. The monoisotopic (exact) mass is 219 g/mol. The fourth-order valence-corrected chi connectivity index (χ4v) is 1.16. The van der Waals surface area contributed by atoms with E-state index in [2.05, 4.69) is 15.9 Å². The molecule has 0 saturated heterocycles. The molecule has 1 aromatic rings. The molecule has 0 aliphatic rings. The number of hydrogen-bond acceptors (Lipinski definition) is 1. The third kappa shape index (κ3) is 1.72. The van der Waals surface area contributed by atoms with Crippen molar-refractivity contribution < 1.29 is 5.11 Å². The standard InChI is InChI=1S/C7H5BrClO/c8-6-1-2-7(9)5(3-6)4-10/h1-4,10H. The quantitative estimate of drug-likeness (QED) is 0.771. The molecule has 1 rings (SSSR count). The summed E-state index contributed by atoms with van der Waals surface area (Å²) in [7, 11) is 0. The van der Waals surface area contributed by atoms with Gasteiger partial charge < -0.3 is 5.11 Å². The summed E-state index contributed by atoms with van der Waals surface area (Å²) in [6.07, 6.45) is 0. The maximum Gasteiger partial charge on any atom is 0.111 e. The average Bonchev–Trinajstić information content (AvgIpc) is 1.94. The highest BCUT2D eigenvalue weighted by atomic mass is 79.9. The molecule has 1 N–H and O–H groups in total. The van der Waals surface area contributed by atoms with Gasteiger partial charge in [-0.05, 0) is 18.2 Å². The Kier molecular flexibility index (Phi) is 2.72. The fraction of sp³-hybridized carbons (Fsp3) is 0. The average molecular weight is 220 g/mol. The van der Waals surface area contributed by atoms with Crippen LogP contribution in [-0.2, 0) is 0 Å². The largest absolute Gasteiger partial charge is 0.385 e. The van der Waals surface area contributed by atoms with Gasteiger partial charge in [-0.3, -0.25) is 0 Å². The summed E-state index contributed by atoms with van der Waals surface area (Å²) in [6.45, 7) is 0.979. The van der Waals surface area contributed by atoms with E-state index < -0.39 is 0 Å². The van der Waals surface area contributed by atoms with Crippen LogP contribution >= 0.6 is 27.5 Å². The maximum atomic E-state index is 8.61. The van der Waals surface area contributed by atoms with Crippen LogP contribution in [0.4, 0.5) is 0 Å². The van der Waals surface area contributed by atoms with Crippen molar-refractivity contribution >= 4 is 27.5 Å². The minimum atomic E-state index is 0.547. The highest BCUT2D eigenvalue weighted by Gasteiger charge is 1.98. The molecule has 0 atom stereocenters. The summed E-state index contributed by atoms with van der Waals surface area (Å²) >= 11 is 8.93. The van der Waals surface area contributed by atoms with Gasteiger partial charge in [0.2, 0.25) is 0 Å². The molecule has 0 saturated carbocycles. The lowest BCUT2D eigenvalue weighted by Crippen LogP contribution is -1.80. The Labute approximate surface area is 72.8 Å². The number of benzene rings is 1. The van der Waals surface area contributed by atoms with Gasteiger partial charge >= 0.3 is 0 Å². The Hall–Kier alpha value is -0.0500. The molecule has 1 nitrogen and oxygen atoms in total. The minimum Gasteiger partial charge on any atom is -0.385 e. The number of aliphatic hydroxyl groups excluding tert-OH is 1. The third-order valence-electron chi connectivity index (χ3n) is 1.10. The zero-order valence-electron chi connectivity index (χ0n) is 5.01. The Balaban J connectivity index is 3.09. The van der Waals surface area contributed by atoms with Crippen LogP contribution in [0, 0.1) is 6.61 Å². The topological polar surface area (TPSA) is 20.2 Å². The van der Waals surface area contributed by atoms with E-state index in [0.717, 1.165) is 11.1 Å². The maximum absolute atomic E-state index is 8.61. The second kappa shape index (κ2) is 3.37. The highest BCUT2D eigenvalue weighted by molar-refractivity contribution is 9.10. The van der Waals surface area contributed by atoms with E-state index in [-0.39, 0.29) is 0 Å². The molecule has 0 bridgehead atoms. The van der Waals surface area contributed by atoms with Crippen molar-refractivity contribution in [2.75, 3.05) is 0 Å². The van der Waals surface area contributed by atoms with Gasteiger partial charge in [0.05, 0.1) is 0 Å². The summed E-state index contributed by atoms with van der Waals surface area (Å²) < 4.78 is 0.900. The van der Waals surface area contributed by atoms with Crippen molar-refractivity contribution in [3.63, 3.8) is 0 Å². The first-order chi connectivity index (χ1) is 4.74. The molecule has 0 heterocycles. The van der Waals surface area contributed by atoms with Gasteiger partial charge in [0.1, 0.15) is 6.61 Å². The Morgan fingerprint density at radius 1 is 1.50 bits per heavy atom. The number of hydrogen-bond donors (Lipinski definition) is 1. The predicted octanol–water partition coefficient (Wildman–Crippen LogP) is 2.98. The lowest BCUT2D eigenvalue weighted by molar-refractivity contribution is 0.415. The molecular formula is C7H5BrClO. The molecule has 0 aliphatic carbocycles. The molecule has 1 radical (unpaired) electrons. The van der Waals surface area contributed by atoms with Gasteiger partial charge in [-0.1, -0.05) is 27.5 Å². The summed E-state index contributed by atoms with van der Waals surface area (Å²) in [5, 5.41) is 9.16. The first-order valence-electron chi connectivity index (χ1n) is 2.66. The molecule has 53 valence electrons. The second-order valence-corrected chi connectivity index (χ2v) is 3.12. The smallest absolute Gasteiger partial charge is 0.111 e. The number of rotatable bonds is 1. The van der Waals surface area contributed by atoms with Crippen molar-refractivity contribution in [3.05, 3.63) is 39.9 Å². The fourth-order valence-electron chi connectivity index (χ4n) is 0.614. The Bertz CT molecular complexity index is 237. The van der Waals surface area contributed by atoms with Crippen LogP contribution in [0.5, 0.6) is 0 Å². The second-order valence-electron chi connectivity index (χ2n) is 1.79. The van der Waals surface area contributed by atoms with Crippen LogP contribution in [0.15, 0.2) is 22.7 Å². The Morgan fingerprint density at radius 3 is 2.70 bits per heavy atom. The van der Waals surface area contributed by atoms with E-state index in [1.165, 1.54) is 0 Å². The lowest BCUT2D eigenvalue weighted by atomic mass is 10.2. The zero-order chi connectivity index (χ0) is 7.56. The van der Waals surface area contributed by atoms with Gasteiger partial charge in [0.25, 0.3) is 0 Å². The molecule has 1 aromatic carbocycles. The molecule has 0 amide bonds. The van der Waals surface area contributed by atoms with E-state index in [1.54, 1.807) is 12.1 Å². The Morgan fingerprint density at radius 2 is 2.20 bits per heavy atom. The lowest BCUT2D eigenvalue weighted by Gasteiger charge is -1.98. The van der Waals surface area contributed by atoms with E-state index >= 15 is 0 Å². The van der Waals surface area contributed by atoms with E-state index in [1.807, 2.05) is 6.07 Å². The normalized spacial score (nSPS) is 9.90. The van der Waals surface area contributed by atoms with Crippen LogP contribution in [0.3, 0.4) is 0 Å². The van der Waals surface area contributed by atoms with Crippen molar-refractivity contribution in [1.29, 1.82) is 0 Å². The molecule has 0 fully saturated rings. The van der Waals surface area contributed by atoms with Gasteiger partial charge in [-0.25, -0.2) is 0 Å². The highest BCUT2D eigenvalue weighted by Crippen LogP contribution is 2.21. The van der Waals surface area contributed by atoms with E-state index in [4.69, 9.17) is 16.7 Å². The molecule has 0 unspecified atom stereocenters. The first kappa shape index (κ1) is 8.05. The zero-order valence-corrected chi connectivity index (χ0v) is 7.35. The minimum absolute atomic E-state index is 0.547. The summed E-state index contributed by atoms with van der Waals surface area (Å²) in [6, 6.07) is 5.27. The van der Waals surface area contributed by atoms with Gasteiger partial charge in [-0.15, -0.1) is 0 Å². The van der Waals surface area contributed by atoms with Crippen molar-refractivity contribution in [2.24, 2.45) is 0 Å². The van der Waals surface area contributed by atoms with Crippen LogP contribution in [0.1, 0.15) is 5.56 Å².